The highest BCUT2D eigenvalue weighted by Gasteiger charge is 2.33. The summed E-state index contributed by atoms with van der Waals surface area (Å²) in [7, 11) is 0. The fourth-order valence-electron chi connectivity index (χ4n) is 3.67. The van der Waals surface area contributed by atoms with Gasteiger partial charge < -0.3 is 19.0 Å². The smallest absolute Gasteiger partial charge is 0.349 e. The monoisotopic (exact) mass is 348 g/mol. The largest absolute Gasteiger partial charge is 0.489 e. The number of nitrogens with zero attached hydrogens (tertiary/aromatic N) is 2. The molecule has 0 saturated carbocycles. The molecular weight excluding hydrogens is 332 g/mol. The highest BCUT2D eigenvalue weighted by Crippen LogP contribution is 2.42. The molecule has 130 valence electrons. The molecule has 0 bridgehead atoms. The Morgan fingerprint density at radius 3 is 2.81 bits per heavy atom. The molecule has 0 saturated heterocycles. The third-order valence-electron chi connectivity index (χ3n) is 4.91. The van der Waals surface area contributed by atoms with Crippen LogP contribution in [-0.4, -0.2) is 32.1 Å². The quantitative estimate of drug-likeness (QED) is 0.633. The number of carbonyl (C=O) groups excluding carboxylic acids is 1. The number of hydrogen-bond acceptors (Lipinski definition) is 5. The third kappa shape index (κ3) is 2.19. The Bertz CT molecular complexity index is 1090. The number of benzene rings is 2. The van der Waals surface area contributed by atoms with E-state index in [2.05, 4.69) is 4.90 Å². The summed E-state index contributed by atoms with van der Waals surface area (Å²) < 4.78 is 11.1. The van der Waals surface area contributed by atoms with Crippen LogP contribution in [0.4, 0.5) is 11.4 Å². The zero-order chi connectivity index (χ0) is 17.7. The first-order valence-electron chi connectivity index (χ1n) is 8.58. The molecule has 2 aliphatic rings. The molecule has 1 aromatic heterocycles. The van der Waals surface area contributed by atoms with Crippen molar-refractivity contribution < 1.29 is 13.9 Å². The van der Waals surface area contributed by atoms with Crippen LogP contribution >= 0.6 is 0 Å². The topological polar surface area (TPSA) is 63.0 Å². The van der Waals surface area contributed by atoms with Crippen LogP contribution in [-0.2, 0) is 0 Å². The van der Waals surface area contributed by atoms with E-state index in [-0.39, 0.29) is 11.5 Å². The first-order valence-corrected chi connectivity index (χ1v) is 8.58. The molecule has 0 fully saturated rings. The third-order valence-corrected chi connectivity index (χ3v) is 4.91. The van der Waals surface area contributed by atoms with Gasteiger partial charge in [0.2, 0.25) is 0 Å². The summed E-state index contributed by atoms with van der Waals surface area (Å²) in [5, 5.41) is 0.729. The summed E-state index contributed by atoms with van der Waals surface area (Å²) in [6.45, 7) is 2.66. The molecule has 6 heteroatoms. The van der Waals surface area contributed by atoms with Gasteiger partial charge in [0.1, 0.15) is 29.2 Å². The van der Waals surface area contributed by atoms with Gasteiger partial charge in [-0.3, -0.25) is 4.79 Å². The predicted molar refractivity (Wildman–Crippen MR) is 98.3 cm³/mol. The number of anilines is 2. The van der Waals surface area contributed by atoms with E-state index < -0.39 is 5.63 Å². The number of rotatable bonds is 1. The minimum atomic E-state index is -0.614. The van der Waals surface area contributed by atoms with Gasteiger partial charge in [-0.1, -0.05) is 24.3 Å². The highest BCUT2D eigenvalue weighted by molar-refractivity contribution is 6.09. The zero-order valence-corrected chi connectivity index (χ0v) is 14.0. The Hall–Kier alpha value is -3.28. The van der Waals surface area contributed by atoms with Crippen molar-refractivity contribution in [3.05, 3.63) is 64.5 Å². The average molecular weight is 348 g/mol. The minimum Gasteiger partial charge on any atom is -0.489 e. The molecule has 0 aliphatic carbocycles. The zero-order valence-electron chi connectivity index (χ0n) is 14.0. The van der Waals surface area contributed by atoms with E-state index in [9.17, 15) is 9.59 Å². The maximum Gasteiger partial charge on any atom is 0.349 e. The number of fused-ring (bicyclic) bond motifs is 1. The van der Waals surface area contributed by atoms with Crippen molar-refractivity contribution in [1.29, 1.82) is 0 Å². The van der Waals surface area contributed by atoms with Crippen LogP contribution in [0.3, 0.4) is 0 Å². The second-order valence-electron chi connectivity index (χ2n) is 6.40. The van der Waals surface area contributed by atoms with Gasteiger partial charge in [-0.05, 0) is 24.3 Å². The Kier molecular flexibility index (Phi) is 3.25. The van der Waals surface area contributed by atoms with Crippen molar-refractivity contribution in [3.63, 3.8) is 0 Å². The van der Waals surface area contributed by atoms with E-state index in [1.807, 2.05) is 30.3 Å². The number of carbonyl (C=O) groups is 1. The molecule has 0 radical (unpaired) electrons. The van der Waals surface area contributed by atoms with Crippen molar-refractivity contribution in [1.82, 2.24) is 0 Å². The van der Waals surface area contributed by atoms with Gasteiger partial charge in [0.25, 0.3) is 5.91 Å². The number of para-hydroxylation sites is 2. The number of hydrogen-bond donors (Lipinski definition) is 0. The van der Waals surface area contributed by atoms with Crippen LogP contribution in [0.5, 0.6) is 5.75 Å². The molecule has 2 aliphatic heterocycles. The Labute approximate surface area is 149 Å². The summed E-state index contributed by atoms with van der Waals surface area (Å²) in [4.78, 5) is 29.4. The van der Waals surface area contributed by atoms with E-state index in [1.165, 1.54) is 0 Å². The van der Waals surface area contributed by atoms with Crippen LogP contribution in [0.1, 0.15) is 10.4 Å². The van der Waals surface area contributed by atoms with Gasteiger partial charge in [0.15, 0.2) is 0 Å². The average Bonchev–Trinajstić information content (AvgIpc) is 2.68. The molecule has 3 heterocycles. The Balaban J connectivity index is 1.62. The van der Waals surface area contributed by atoms with Crippen molar-refractivity contribution in [3.8, 4) is 5.75 Å². The van der Waals surface area contributed by atoms with Crippen LogP contribution in [0.15, 0.2) is 57.7 Å². The summed E-state index contributed by atoms with van der Waals surface area (Å²) >= 11 is 0. The summed E-state index contributed by atoms with van der Waals surface area (Å²) in [5.74, 6) is 0.430. The Morgan fingerprint density at radius 2 is 1.88 bits per heavy atom. The minimum absolute atomic E-state index is 0.0477. The first-order chi connectivity index (χ1) is 12.7. The fourth-order valence-corrected chi connectivity index (χ4v) is 3.67. The van der Waals surface area contributed by atoms with Crippen molar-refractivity contribution in [2.75, 3.05) is 36.0 Å². The van der Waals surface area contributed by atoms with Gasteiger partial charge in [-0.15, -0.1) is 0 Å². The van der Waals surface area contributed by atoms with E-state index in [4.69, 9.17) is 9.15 Å². The molecule has 0 unspecified atom stereocenters. The van der Waals surface area contributed by atoms with E-state index >= 15 is 0 Å². The lowest BCUT2D eigenvalue weighted by atomic mass is 10.1. The van der Waals surface area contributed by atoms with Crippen molar-refractivity contribution >= 4 is 28.3 Å². The van der Waals surface area contributed by atoms with Gasteiger partial charge in [0, 0.05) is 18.5 Å². The molecular formula is C20H16N2O4. The lowest BCUT2D eigenvalue weighted by molar-refractivity contribution is 0.0983. The molecule has 0 spiro atoms. The van der Waals surface area contributed by atoms with E-state index in [1.54, 1.807) is 23.1 Å². The first kappa shape index (κ1) is 15.0. The Morgan fingerprint density at radius 1 is 1.00 bits per heavy atom. The SMILES string of the molecule is O=C(c1cc2ccccc2oc1=O)N1CCN2CCOc3cccc1c32. The van der Waals surface area contributed by atoms with Crippen LogP contribution < -0.4 is 20.2 Å². The highest BCUT2D eigenvalue weighted by atomic mass is 16.5. The van der Waals surface area contributed by atoms with Crippen molar-refractivity contribution in [2.24, 2.45) is 0 Å². The van der Waals surface area contributed by atoms with Crippen molar-refractivity contribution in [2.45, 2.75) is 0 Å². The van der Waals surface area contributed by atoms with Gasteiger partial charge in [-0.2, -0.15) is 0 Å². The lowest BCUT2D eigenvalue weighted by Gasteiger charge is -2.40. The summed E-state index contributed by atoms with van der Waals surface area (Å²) in [5.41, 5.74) is 1.60. The fraction of sp³-hybridized carbons (Fsp3) is 0.200. The lowest BCUT2D eigenvalue weighted by Crippen LogP contribution is -2.47. The normalized spacial score (nSPS) is 15.5. The standard InChI is InChI=1S/C20H16N2O4/c23-19(14-12-13-4-1-2-6-16(13)26-20(14)24)22-9-8-21-10-11-25-17-7-3-5-15(22)18(17)21/h1-7,12H,8-11H2. The number of ether oxygens (including phenoxy) is 1. The second kappa shape index (κ2) is 5.62. The van der Waals surface area contributed by atoms with E-state index in [0.717, 1.165) is 29.1 Å². The molecule has 1 amide bonds. The van der Waals surface area contributed by atoms with Gasteiger partial charge >= 0.3 is 5.63 Å². The molecule has 3 aromatic rings. The van der Waals surface area contributed by atoms with Crippen LogP contribution in [0.25, 0.3) is 11.0 Å². The van der Waals surface area contributed by atoms with Gasteiger partial charge in [0.05, 0.1) is 12.2 Å². The molecule has 2 aromatic carbocycles. The molecule has 5 rings (SSSR count). The summed E-state index contributed by atoms with van der Waals surface area (Å²) in [6.07, 6.45) is 0. The molecule has 0 atom stereocenters. The summed E-state index contributed by atoms with van der Waals surface area (Å²) in [6, 6.07) is 14.5. The molecule has 0 N–H and O–H groups in total. The predicted octanol–water partition coefficient (Wildman–Crippen LogP) is 2.65. The van der Waals surface area contributed by atoms with Gasteiger partial charge in [-0.25, -0.2) is 4.79 Å². The van der Waals surface area contributed by atoms with E-state index in [0.29, 0.717) is 25.3 Å². The second-order valence-corrected chi connectivity index (χ2v) is 6.40. The molecule has 26 heavy (non-hydrogen) atoms. The number of amides is 1. The maximum absolute atomic E-state index is 13.2. The van der Waals surface area contributed by atoms with Crippen LogP contribution in [0, 0.1) is 0 Å². The molecule has 6 nitrogen and oxygen atoms in total. The maximum atomic E-state index is 13.2. The van der Waals surface area contributed by atoms with Crippen LogP contribution in [0.2, 0.25) is 0 Å².